The standard InChI is InChI=1S/C7H13F2NO/c1-7(6(8)9)3-2-5(4-10)11-7/h5-6H,2-4,10H2,1H3. The van der Waals surface area contributed by atoms with Crippen molar-refractivity contribution in [1.82, 2.24) is 0 Å². The van der Waals surface area contributed by atoms with Crippen molar-refractivity contribution < 1.29 is 13.5 Å². The molecule has 0 radical (unpaired) electrons. The highest BCUT2D eigenvalue weighted by molar-refractivity contribution is 4.87. The van der Waals surface area contributed by atoms with E-state index in [1.165, 1.54) is 6.92 Å². The Kier molecular flexibility index (Phi) is 2.44. The number of ether oxygens (including phenoxy) is 1. The third kappa shape index (κ3) is 1.68. The Labute approximate surface area is 64.7 Å². The Balaban J connectivity index is 2.50. The summed E-state index contributed by atoms with van der Waals surface area (Å²) in [6, 6.07) is 0. The molecular formula is C7H13F2NO. The minimum atomic E-state index is -2.40. The summed E-state index contributed by atoms with van der Waals surface area (Å²) < 4.78 is 29.6. The fraction of sp³-hybridized carbons (Fsp3) is 1.00. The molecule has 4 heteroatoms. The number of rotatable bonds is 2. The maximum atomic E-state index is 12.3. The maximum Gasteiger partial charge on any atom is 0.266 e. The molecule has 66 valence electrons. The topological polar surface area (TPSA) is 35.2 Å². The van der Waals surface area contributed by atoms with Crippen molar-refractivity contribution in [1.29, 1.82) is 0 Å². The molecule has 2 nitrogen and oxygen atoms in total. The van der Waals surface area contributed by atoms with Crippen LogP contribution in [0.4, 0.5) is 8.78 Å². The Morgan fingerprint density at radius 2 is 2.36 bits per heavy atom. The minimum absolute atomic E-state index is 0.172. The van der Waals surface area contributed by atoms with Gasteiger partial charge in [0.2, 0.25) is 0 Å². The van der Waals surface area contributed by atoms with Gasteiger partial charge in [0.1, 0.15) is 5.60 Å². The van der Waals surface area contributed by atoms with Gasteiger partial charge in [0.25, 0.3) is 6.43 Å². The van der Waals surface area contributed by atoms with Crippen LogP contribution in [-0.2, 0) is 4.74 Å². The van der Waals surface area contributed by atoms with Crippen LogP contribution in [0.3, 0.4) is 0 Å². The van der Waals surface area contributed by atoms with Gasteiger partial charge in [-0.3, -0.25) is 0 Å². The van der Waals surface area contributed by atoms with E-state index in [4.69, 9.17) is 10.5 Å². The number of halogens is 2. The minimum Gasteiger partial charge on any atom is -0.365 e. The van der Waals surface area contributed by atoms with Crippen LogP contribution in [0.15, 0.2) is 0 Å². The van der Waals surface area contributed by atoms with Gasteiger partial charge in [-0.2, -0.15) is 0 Å². The molecule has 0 amide bonds. The third-order valence-corrected chi connectivity index (χ3v) is 2.12. The Bertz CT molecular complexity index is 142. The van der Waals surface area contributed by atoms with Crippen molar-refractivity contribution >= 4 is 0 Å². The number of hydrogen-bond donors (Lipinski definition) is 1. The van der Waals surface area contributed by atoms with Gasteiger partial charge in [-0.25, -0.2) is 8.78 Å². The van der Waals surface area contributed by atoms with Gasteiger partial charge >= 0.3 is 0 Å². The van der Waals surface area contributed by atoms with Crippen LogP contribution in [0, 0.1) is 0 Å². The molecule has 2 N–H and O–H groups in total. The molecule has 11 heavy (non-hydrogen) atoms. The highest BCUT2D eigenvalue weighted by atomic mass is 19.3. The summed E-state index contributed by atoms with van der Waals surface area (Å²) >= 11 is 0. The number of nitrogens with two attached hydrogens (primary N) is 1. The van der Waals surface area contributed by atoms with Gasteiger partial charge in [-0.1, -0.05) is 0 Å². The lowest BCUT2D eigenvalue weighted by Crippen LogP contribution is -2.35. The summed E-state index contributed by atoms with van der Waals surface area (Å²) in [6.45, 7) is 1.77. The molecule has 0 aliphatic carbocycles. The molecule has 0 spiro atoms. The molecule has 1 rings (SSSR count). The quantitative estimate of drug-likeness (QED) is 0.666. The first-order valence-electron chi connectivity index (χ1n) is 3.74. The van der Waals surface area contributed by atoms with E-state index in [0.717, 1.165) is 0 Å². The summed E-state index contributed by atoms with van der Waals surface area (Å²) in [5.74, 6) is 0. The summed E-state index contributed by atoms with van der Waals surface area (Å²) in [5, 5.41) is 0. The average molecular weight is 165 g/mol. The molecule has 0 bridgehead atoms. The first-order valence-corrected chi connectivity index (χ1v) is 3.74. The molecule has 1 aliphatic heterocycles. The second kappa shape index (κ2) is 3.03. The summed E-state index contributed by atoms with van der Waals surface area (Å²) in [4.78, 5) is 0. The van der Waals surface area contributed by atoms with E-state index in [1.54, 1.807) is 0 Å². The number of alkyl halides is 2. The molecular weight excluding hydrogens is 152 g/mol. The van der Waals surface area contributed by atoms with Gasteiger partial charge in [-0.15, -0.1) is 0 Å². The maximum absolute atomic E-state index is 12.3. The smallest absolute Gasteiger partial charge is 0.266 e. The van der Waals surface area contributed by atoms with E-state index >= 15 is 0 Å². The summed E-state index contributed by atoms with van der Waals surface area (Å²) in [5.41, 5.74) is 4.04. The second-order valence-electron chi connectivity index (χ2n) is 3.13. The first kappa shape index (κ1) is 8.87. The van der Waals surface area contributed by atoms with Crippen LogP contribution >= 0.6 is 0 Å². The second-order valence-corrected chi connectivity index (χ2v) is 3.13. The zero-order valence-electron chi connectivity index (χ0n) is 6.52. The number of hydrogen-bond acceptors (Lipinski definition) is 2. The lowest BCUT2D eigenvalue weighted by molar-refractivity contribution is -0.118. The molecule has 1 fully saturated rings. The predicted octanol–water partition coefficient (Wildman–Crippen LogP) is 1.15. The van der Waals surface area contributed by atoms with E-state index in [0.29, 0.717) is 19.4 Å². The Morgan fingerprint density at radius 1 is 1.73 bits per heavy atom. The van der Waals surface area contributed by atoms with Gasteiger partial charge in [0.15, 0.2) is 0 Å². The van der Waals surface area contributed by atoms with Crippen molar-refractivity contribution in [2.24, 2.45) is 5.73 Å². The van der Waals surface area contributed by atoms with E-state index in [1.807, 2.05) is 0 Å². The lowest BCUT2D eigenvalue weighted by atomic mass is 10.0. The molecule has 1 aliphatic rings. The normalized spacial score (nSPS) is 38.5. The van der Waals surface area contributed by atoms with Crippen molar-refractivity contribution in [3.63, 3.8) is 0 Å². The van der Waals surface area contributed by atoms with Crippen molar-refractivity contribution in [2.75, 3.05) is 6.54 Å². The fourth-order valence-electron chi connectivity index (χ4n) is 1.27. The third-order valence-electron chi connectivity index (χ3n) is 2.12. The van der Waals surface area contributed by atoms with E-state index in [-0.39, 0.29) is 6.10 Å². The van der Waals surface area contributed by atoms with Crippen LogP contribution < -0.4 is 5.73 Å². The highest BCUT2D eigenvalue weighted by Crippen LogP contribution is 2.34. The van der Waals surface area contributed by atoms with E-state index in [2.05, 4.69) is 0 Å². The van der Waals surface area contributed by atoms with Gasteiger partial charge in [-0.05, 0) is 19.8 Å². The highest BCUT2D eigenvalue weighted by Gasteiger charge is 2.42. The fourth-order valence-corrected chi connectivity index (χ4v) is 1.27. The molecule has 1 heterocycles. The average Bonchev–Trinajstić information content (AvgIpc) is 2.33. The molecule has 0 aromatic carbocycles. The zero-order chi connectivity index (χ0) is 8.48. The molecule has 2 unspecified atom stereocenters. The predicted molar refractivity (Wildman–Crippen MR) is 37.6 cm³/mol. The summed E-state index contributed by atoms with van der Waals surface area (Å²) in [6.07, 6.45) is -1.52. The van der Waals surface area contributed by atoms with Crippen molar-refractivity contribution in [3.05, 3.63) is 0 Å². The van der Waals surface area contributed by atoms with Crippen LogP contribution in [0.2, 0.25) is 0 Å². The largest absolute Gasteiger partial charge is 0.365 e. The molecule has 2 atom stereocenters. The molecule has 0 saturated carbocycles. The molecule has 0 aromatic rings. The molecule has 0 aromatic heterocycles. The van der Waals surface area contributed by atoms with Crippen molar-refractivity contribution in [3.8, 4) is 0 Å². The molecule has 1 saturated heterocycles. The SMILES string of the molecule is CC1(C(F)F)CCC(CN)O1. The monoisotopic (exact) mass is 165 g/mol. The van der Waals surface area contributed by atoms with Crippen LogP contribution in [0.1, 0.15) is 19.8 Å². The van der Waals surface area contributed by atoms with Gasteiger partial charge < -0.3 is 10.5 Å². The first-order chi connectivity index (χ1) is 5.08. The van der Waals surface area contributed by atoms with Crippen LogP contribution in [0.5, 0.6) is 0 Å². The van der Waals surface area contributed by atoms with E-state index in [9.17, 15) is 8.78 Å². The van der Waals surface area contributed by atoms with Crippen LogP contribution in [0.25, 0.3) is 0 Å². The zero-order valence-corrected chi connectivity index (χ0v) is 6.52. The summed E-state index contributed by atoms with van der Waals surface area (Å²) in [7, 11) is 0. The van der Waals surface area contributed by atoms with Crippen molar-refractivity contribution in [2.45, 2.75) is 37.9 Å². The Hall–Kier alpha value is -0.220. The van der Waals surface area contributed by atoms with Gasteiger partial charge in [0, 0.05) is 6.54 Å². The van der Waals surface area contributed by atoms with Crippen LogP contribution in [-0.4, -0.2) is 24.7 Å². The van der Waals surface area contributed by atoms with Gasteiger partial charge in [0.05, 0.1) is 6.10 Å². The van der Waals surface area contributed by atoms with E-state index < -0.39 is 12.0 Å². The Morgan fingerprint density at radius 3 is 2.64 bits per heavy atom. The lowest BCUT2D eigenvalue weighted by Gasteiger charge is -2.23.